The Balaban J connectivity index is 2.05. The predicted octanol–water partition coefficient (Wildman–Crippen LogP) is 2.19. The second-order valence-corrected chi connectivity index (χ2v) is 5.78. The van der Waals surface area contributed by atoms with E-state index in [0.717, 1.165) is 18.0 Å². The fourth-order valence-electron chi connectivity index (χ4n) is 3.12. The van der Waals surface area contributed by atoms with Crippen molar-refractivity contribution in [3.8, 4) is 0 Å². The van der Waals surface area contributed by atoms with E-state index in [1.54, 1.807) is 6.20 Å². The lowest BCUT2D eigenvalue weighted by atomic mass is 9.85. The summed E-state index contributed by atoms with van der Waals surface area (Å²) < 4.78 is 0. The van der Waals surface area contributed by atoms with Crippen molar-refractivity contribution in [1.82, 2.24) is 9.88 Å². The summed E-state index contributed by atoms with van der Waals surface area (Å²) in [6, 6.07) is 4.52. The first kappa shape index (κ1) is 14.8. The third-order valence-corrected chi connectivity index (χ3v) is 4.26. The van der Waals surface area contributed by atoms with E-state index in [-0.39, 0.29) is 5.84 Å². The molecule has 110 valence electrons. The lowest BCUT2D eigenvalue weighted by molar-refractivity contribution is 0.133. The molecule has 0 bridgehead atoms. The highest BCUT2D eigenvalue weighted by Gasteiger charge is 2.24. The van der Waals surface area contributed by atoms with Crippen molar-refractivity contribution in [2.45, 2.75) is 45.2 Å². The zero-order valence-corrected chi connectivity index (χ0v) is 12.3. The van der Waals surface area contributed by atoms with Gasteiger partial charge in [0.25, 0.3) is 0 Å². The number of pyridine rings is 1. The number of nitrogens with two attached hydrogens (primary N) is 1. The third-order valence-electron chi connectivity index (χ3n) is 4.26. The van der Waals surface area contributed by atoms with Gasteiger partial charge in [-0.25, -0.2) is 0 Å². The summed E-state index contributed by atoms with van der Waals surface area (Å²) in [4.78, 5) is 6.52. The number of hydrogen-bond acceptors (Lipinski definition) is 4. The fourth-order valence-corrected chi connectivity index (χ4v) is 3.12. The molecule has 0 radical (unpaired) electrons. The van der Waals surface area contributed by atoms with Crippen molar-refractivity contribution >= 4 is 5.84 Å². The van der Waals surface area contributed by atoms with Crippen LogP contribution < -0.4 is 5.73 Å². The largest absolute Gasteiger partial charge is 0.409 e. The predicted molar refractivity (Wildman–Crippen MR) is 79.6 cm³/mol. The minimum atomic E-state index is 0.0561. The average Bonchev–Trinajstić information content (AvgIpc) is 2.47. The van der Waals surface area contributed by atoms with Crippen LogP contribution in [-0.2, 0) is 6.54 Å². The summed E-state index contributed by atoms with van der Waals surface area (Å²) in [5, 5.41) is 11.7. The Kier molecular flexibility index (Phi) is 4.95. The molecule has 1 fully saturated rings. The highest BCUT2D eigenvalue weighted by Crippen LogP contribution is 2.28. The molecular formula is C15H24N4O. The molecule has 1 aromatic rings. The van der Waals surface area contributed by atoms with E-state index in [1.807, 2.05) is 12.1 Å². The van der Waals surface area contributed by atoms with Crippen molar-refractivity contribution in [2.75, 3.05) is 7.05 Å². The smallest absolute Gasteiger partial charge is 0.188 e. The van der Waals surface area contributed by atoms with Gasteiger partial charge in [0.1, 0.15) is 5.69 Å². The molecule has 2 rings (SSSR count). The normalized spacial score (nSPS) is 24.1. The first-order valence-corrected chi connectivity index (χ1v) is 7.25. The first-order valence-electron chi connectivity index (χ1n) is 7.25. The van der Waals surface area contributed by atoms with Gasteiger partial charge in [-0.2, -0.15) is 0 Å². The van der Waals surface area contributed by atoms with E-state index < -0.39 is 0 Å². The molecule has 2 unspecified atom stereocenters. The van der Waals surface area contributed by atoms with Crippen LogP contribution in [0.5, 0.6) is 0 Å². The number of amidine groups is 1. The number of oxime groups is 1. The number of aromatic nitrogens is 1. The number of hydrogen-bond donors (Lipinski definition) is 2. The van der Waals surface area contributed by atoms with Crippen LogP contribution in [0.25, 0.3) is 0 Å². The van der Waals surface area contributed by atoms with E-state index >= 15 is 0 Å². The molecule has 0 spiro atoms. The van der Waals surface area contributed by atoms with Crippen LogP contribution in [0.2, 0.25) is 0 Å². The van der Waals surface area contributed by atoms with E-state index in [9.17, 15) is 0 Å². The van der Waals surface area contributed by atoms with Crippen LogP contribution in [0, 0.1) is 5.92 Å². The lowest BCUT2D eigenvalue weighted by Gasteiger charge is -2.36. The Labute approximate surface area is 120 Å². The molecule has 0 aromatic carbocycles. The summed E-state index contributed by atoms with van der Waals surface area (Å²) >= 11 is 0. The van der Waals surface area contributed by atoms with Crippen molar-refractivity contribution in [2.24, 2.45) is 16.8 Å². The topological polar surface area (TPSA) is 74.7 Å². The van der Waals surface area contributed by atoms with Gasteiger partial charge in [0.05, 0.1) is 0 Å². The van der Waals surface area contributed by atoms with Crippen molar-refractivity contribution in [1.29, 1.82) is 0 Å². The van der Waals surface area contributed by atoms with Crippen LogP contribution in [0.15, 0.2) is 23.5 Å². The molecule has 0 aliphatic heterocycles. The maximum Gasteiger partial charge on any atom is 0.188 e. The minimum absolute atomic E-state index is 0.0561. The number of rotatable bonds is 4. The number of nitrogens with zero attached hydrogens (tertiary/aromatic N) is 3. The third kappa shape index (κ3) is 3.48. The van der Waals surface area contributed by atoms with E-state index in [1.165, 1.54) is 25.7 Å². The van der Waals surface area contributed by atoms with Crippen molar-refractivity contribution < 1.29 is 5.21 Å². The van der Waals surface area contributed by atoms with E-state index in [0.29, 0.717) is 11.7 Å². The minimum Gasteiger partial charge on any atom is -0.409 e. The first-order chi connectivity index (χ1) is 9.61. The molecule has 1 heterocycles. The molecule has 1 saturated carbocycles. The van der Waals surface area contributed by atoms with Gasteiger partial charge in [0, 0.05) is 18.8 Å². The zero-order valence-electron chi connectivity index (χ0n) is 12.3. The summed E-state index contributed by atoms with van der Waals surface area (Å²) in [6.45, 7) is 3.21. The molecule has 0 amide bonds. The Morgan fingerprint density at radius 2 is 2.25 bits per heavy atom. The van der Waals surface area contributed by atoms with Gasteiger partial charge in [-0.05, 0) is 43.5 Å². The van der Waals surface area contributed by atoms with Gasteiger partial charge in [-0.1, -0.05) is 24.9 Å². The van der Waals surface area contributed by atoms with Crippen LogP contribution in [0.3, 0.4) is 0 Å². The molecule has 1 aliphatic carbocycles. The highest BCUT2D eigenvalue weighted by atomic mass is 16.4. The van der Waals surface area contributed by atoms with Gasteiger partial charge >= 0.3 is 0 Å². The molecule has 20 heavy (non-hydrogen) atoms. The molecular weight excluding hydrogens is 252 g/mol. The van der Waals surface area contributed by atoms with Crippen LogP contribution in [-0.4, -0.2) is 34.0 Å². The Morgan fingerprint density at radius 1 is 1.50 bits per heavy atom. The molecule has 1 aromatic heterocycles. The Bertz CT molecular complexity index is 475. The molecule has 1 aliphatic rings. The molecule has 5 heteroatoms. The Hall–Kier alpha value is -1.62. The molecule has 0 saturated heterocycles. The lowest BCUT2D eigenvalue weighted by Crippen LogP contribution is -2.38. The van der Waals surface area contributed by atoms with Crippen LogP contribution in [0.1, 0.15) is 43.9 Å². The maximum absolute atomic E-state index is 8.71. The van der Waals surface area contributed by atoms with Gasteiger partial charge in [-0.15, -0.1) is 0 Å². The van der Waals surface area contributed by atoms with Gasteiger partial charge < -0.3 is 10.9 Å². The molecule has 3 N–H and O–H groups in total. The second kappa shape index (κ2) is 6.70. The summed E-state index contributed by atoms with van der Waals surface area (Å²) in [6.07, 6.45) is 6.98. The van der Waals surface area contributed by atoms with Gasteiger partial charge in [-0.3, -0.25) is 9.88 Å². The fraction of sp³-hybridized carbons (Fsp3) is 0.600. The van der Waals surface area contributed by atoms with Crippen molar-refractivity contribution in [3.05, 3.63) is 29.6 Å². The van der Waals surface area contributed by atoms with Crippen LogP contribution >= 0.6 is 0 Å². The SMILES string of the molecule is CC1CCCCC1N(C)Cc1ccnc(C(N)=NO)c1. The average molecular weight is 276 g/mol. The quantitative estimate of drug-likeness (QED) is 0.382. The monoisotopic (exact) mass is 276 g/mol. The summed E-state index contributed by atoms with van der Waals surface area (Å²) in [5.41, 5.74) is 7.25. The highest BCUT2D eigenvalue weighted by molar-refractivity contribution is 5.95. The Morgan fingerprint density at radius 3 is 2.95 bits per heavy atom. The molecule has 5 nitrogen and oxygen atoms in total. The van der Waals surface area contributed by atoms with Gasteiger partial charge in [0.2, 0.25) is 0 Å². The van der Waals surface area contributed by atoms with Gasteiger partial charge in [0.15, 0.2) is 5.84 Å². The molecule has 2 atom stereocenters. The zero-order chi connectivity index (χ0) is 14.5. The second-order valence-electron chi connectivity index (χ2n) is 5.78. The summed E-state index contributed by atoms with van der Waals surface area (Å²) in [5.74, 6) is 0.805. The maximum atomic E-state index is 8.71. The van der Waals surface area contributed by atoms with E-state index in [2.05, 4.69) is 29.0 Å². The van der Waals surface area contributed by atoms with Crippen LogP contribution in [0.4, 0.5) is 0 Å². The van der Waals surface area contributed by atoms with Crippen molar-refractivity contribution in [3.63, 3.8) is 0 Å². The summed E-state index contributed by atoms with van der Waals surface area (Å²) in [7, 11) is 2.18. The standard InChI is InChI=1S/C15H24N4O/c1-11-5-3-4-6-14(11)19(2)10-12-7-8-17-13(9-12)15(16)18-20/h7-9,11,14,20H,3-6,10H2,1-2H3,(H2,16,18). The van der Waals surface area contributed by atoms with E-state index in [4.69, 9.17) is 10.9 Å².